The lowest BCUT2D eigenvalue weighted by Gasteiger charge is -2.20. The molecular formula is C13H17FN2O4. The summed E-state index contributed by atoms with van der Waals surface area (Å²) in [6.45, 7) is 0.413. The van der Waals surface area contributed by atoms with Crippen molar-refractivity contribution in [2.45, 2.75) is 12.5 Å². The van der Waals surface area contributed by atoms with E-state index >= 15 is 0 Å². The number of aliphatic hydroxyl groups excluding tert-OH is 1. The molecule has 1 atom stereocenters. The molecule has 4 N–H and O–H groups in total. The van der Waals surface area contributed by atoms with Gasteiger partial charge in [0.15, 0.2) is 0 Å². The first kappa shape index (κ1) is 16.1. The lowest BCUT2D eigenvalue weighted by atomic mass is 10.1. The minimum atomic E-state index is -1.41. The van der Waals surface area contributed by atoms with Crippen molar-refractivity contribution in [1.29, 1.82) is 0 Å². The summed E-state index contributed by atoms with van der Waals surface area (Å²) in [7, 11) is 0. The normalized spacial score (nSPS) is 13.4. The topological polar surface area (TPSA) is 98.7 Å². The molecule has 0 aliphatic rings. The summed E-state index contributed by atoms with van der Waals surface area (Å²) in [6, 6.07) is 5.08. The quantitative estimate of drug-likeness (QED) is 0.561. The molecule has 0 saturated heterocycles. The van der Waals surface area contributed by atoms with E-state index in [0.717, 1.165) is 6.07 Å². The molecule has 0 aromatic heterocycles. The van der Waals surface area contributed by atoms with Crippen LogP contribution in [0.2, 0.25) is 0 Å². The van der Waals surface area contributed by atoms with Crippen molar-refractivity contribution in [2.24, 2.45) is 0 Å². The van der Waals surface area contributed by atoms with E-state index in [1.807, 2.05) is 0 Å². The predicted molar refractivity (Wildman–Crippen MR) is 69.5 cm³/mol. The van der Waals surface area contributed by atoms with E-state index in [4.69, 9.17) is 5.11 Å². The molecule has 7 heteroatoms. The third-order valence-corrected chi connectivity index (χ3v) is 2.50. The highest BCUT2D eigenvalue weighted by Gasteiger charge is 2.19. The highest BCUT2D eigenvalue weighted by molar-refractivity contribution is 5.96. The van der Waals surface area contributed by atoms with Crippen LogP contribution in [0.4, 0.5) is 4.39 Å². The molecule has 0 bridgehead atoms. The highest BCUT2D eigenvalue weighted by atomic mass is 19.1. The number of halogens is 1. The number of carbonyl (C=O) groups excluding carboxylic acids is 2. The minimum absolute atomic E-state index is 0.111. The molecule has 0 radical (unpaired) electrons. The Hall–Kier alpha value is -1.99. The summed E-state index contributed by atoms with van der Waals surface area (Å²) >= 11 is 0. The van der Waals surface area contributed by atoms with Gasteiger partial charge in [-0.25, -0.2) is 4.39 Å². The molecule has 110 valence electrons. The summed E-state index contributed by atoms with van der Waals surface area (Å²) in [4.78, 5) is 23.0. The Morgan fingerprint density at radius 3 is 2.65 bits per heavy atom. The van der Waals surface area contributed by atoms with Gasteiger partial charge in [0.2, 0.25) is 5.91 Å². The largest absolute Gasteiger partial charge is 0.393 e. The molecule has 0 heterocycles. The molecule has 0 aliphatic heterocycles. The Bertz CT molecular complexity index is 491. The molecular weight excluding hydrogens is 267 g/mol. The number of benzene rings is 1. The zero-order valence-electron chi connectivity index (χ0n) is 11.0. The van der Waals surface area contributed by atoms with Crippen LogP contribution in [0, 0.1) is 5.82 Å². The predicted octanol–water partition coefficient (Wildman–Crippen LogP) is -0.585. The van der Waals surface area contributed by atoms with E-state index in [1.165, 1.54) is 25.1 Å². The fraction of sp³-hybridized carbons (Fsp3) is 0.385. The van der Waals surface area contributed by atoms with Crippen molar-refractivity contribution < 1.29 is 24.2 Å². The number of aliphatic hydroxyl groups is 2. The van der Waals surface area contributed by atoms with Gasteiger partial charge in [-0.05, 0) is 25.1 Å². The lowest BCUT2D eigenvalue weighted by Crippen LogP contribution is -2.46. The van der Waals surface area contributed by atoms with Crippen LogP contribution in [0.15, 0.2) is 24.3 Å². The lowest BCUT2D eigenvalue weighted by molar-refractivity contribution is -0.121. The van der Waals surface area contributed by atoms with Crippen LogP contribution in [0.5, 0.6) is 0 Å². The number of rotatable bonds is 6. The first-order chi connectivity index (χ1) is 9.34. The Morgan fingerprint density at radius 2 is 2.05 bits per heavy atom. The second-order valence-electron chi connectivity index (χ2n) is 4.62. The van der Waals surface area contributed by atoms with Crippen molar-refractivity contribution in [1.82, 2.24) is 10.6 Å². The van der Waals surface area contributed by atoms with Crippen molar-refractivity contribution in [3.05, 3.63) is 35.6 Å². The molecule has 20 heavy (non-hydrogen) atoms. The Morgan fingerprint density at radius 1 is 1.35 bits per heavy atom. The number of carbonyl (C=O) groups is 2. The average molecular weight is 284 g/mol. The Kier molecular flexibility index (Phi) is 5.60. The molecule has 1 aromatic carbocycles. The molecule has 2 amide bonds. The van der Waals surface area contributed by atoms with Crippen molar-refractivity contribution in [3.63, 3.8) is 0 Å². The zero-order valence-corrected chi connectivity index (χ0v) is 11.0. The molecule has 0 aliphatic carbocycles. The fourth-order valence-corrected chi connectivity index (χ4v) is 1.30. The van der Waals surface area contributed by atoms with Crippen molar-refractivity contribution in [2.75, 3.05) is 19.7 Å². The van der Waals surface area contributed by atoms with Gasteiger partial charge in [0.1, 0.15) is 11.4 Å². The van der Waals surface area contributed by atoms with Gasteiger partial charge in [0.05, 0.1) is 13.2 Å². The van der Waals surface area contributed by atoms with Crippen LogP contribution in [0.1, 0.15) is 17.3 Å². The van der Waals surface area contributed by atoms with E-state index in [0.29, 0.717) is 0 Å². The van der Waals surface area contributed by atoms with Crippen LogP contribution in [-0.2, 0) is 4.79 Å². The van der Waals surface area contributed by atoms with Crippen LogP contribution in [0.3, 0.4) is 0 Å². The van der Waals surface area contributed by atoms with E-state index in [9.17, 15) is 19.1 Å². The molecule has 6 nitrogen and oxygen atoms in total. The molecule has 1 unspecified atom stereocenters. The first-order valence-corrected chi connectivity index (χ1v) is 5.98. The third-order valence-electron chi connectivity index (χ3n) is 2.50. The van der Waals surface area contributed by atoms with E-state index in [2.05, 4.69) is 10.6 Å². The third kappa shape index (κ3) is 5.33. The number of hydrogen-bond donors (Lipinski definition) is 4. The fourth-order valence-electron chi connectivity index (χ4n) is 1.30. The van der Waals surface area contributed by atoms with Crippen LogP contribution < -0.4 is 10.6 Å². The molecule has 0 fully saturated rings. The maximum Gasteiger partial charge on any atom is 0.251 e. The number of hydrogen-bond acceptors (Lipinski definition) is 4. The number of amides is 2. The van der Waals surface area contributed by atoms with Crippen molar-refractivity contribution in [3.8, 4) is 0 Å². The van der Waals surface area contributed by atoms with Gasteiger partial charge in [-0.3, -0.25) is 9.59 Å². The van der Waals surface area contributed by atoms with Crippen LogP contribution in [-0.4, -0.2) is 47.3 Å². The highest BCUT2D eigenvalue weighted by Crippen LogP contribution is 2.03. The monoisotopic (exact) mass is 284 g/mol. The van der Waals surface area contributed by atoms with Gasteiger partial charge in [0, 0.05) is 12.1 Å². The summed E-state index contributed by atoms with van der Waals surface area (Å²) in [6.07, 6.45) is 0. The first-order valence-electron chi connectivity index (χ1n) is 5.98. The maximum atomic E-state index is 12.9. The SMILES string of the molecule is CC(O)(CO)CNC(=O)CNC(=O)c1cccc(F)c1. The van der Waals surface area contributed by atoms with Gasteiger partial charge in [-0.15, -0.1) is 0 Å². The summed E-state index contributed by atoms with van der Waals surface area (Å²) < 4.78 is 12.9. The zero-order chi connectivity index (χ0) is 15.2. The number of nitrogens with one attached hydrogen (secondary N) is 2. The Balaban J connectivity index is 2.40. The second-order valence-corrected chi connectivity index (χ2v) is 4.62. The maximum absolute atomic E-state index is 12.9. The van der Waals surface area contributed by atoms with E-state index < -0.39 is 29.8 Å². The Labute approximate surface area is 115 Å². The van der Waals surface area contributed by atoms with Gasteiger partial charge in [-0.2, -0.15) is 0 Å². The second kappa shape index (κ2) is 6.97. The molecule has 0 spiro atoms. The molecule has 1 rings (SSSR count). The standard InChI is InChI=1S/C13H17FN2O4/c1-13(20,8-17)7-16-11(18)6-15-12(19)9-3-2-4-10(14)5-9/h2-5,17,20H,6-8H2,1H3,(H,15,19)(H,16,18). The summed E-state index contributed by atoms with van der Waals surface area (Å²) in [5, 5.41) is 22.9. The smallest absolute Gasteiger partial charge is 0.251 e. The average Bonchev–Trinajstić information content (AvgIpc) is 2.42. The van der Waals surface area contributed by atoms with Gasteiger partial charge >= 0.3 is 0 Å². The summed E-state index contributed by atoms with van der Waals surface area (Å²) in [5.41, 5.74) is -1.30. The van der Waals surface area contributed by atoms with Gasteiger partial charge in [-0.1, -0.05) is 6.07 Å². The van der Waals surface area contributed by atoms with Crippen molar-refractivity contribution >= 4 is 11.8 Å². The van der Waals surface area contributed by atoms with E-state index in [-0.39, 0.29) is 18.7 Å². The van der Waals surface area contributed by atoms with Gasteiger partial charge in [0.25, 0.3) is 5.91 Å². The minimum Gasteiger partial charge on any atom is -0.393 e. The van der Waals surface area contributed by atoms with E-state index in [1.54, 1.807) is 0 Å². The molecule has 0 saturated carbocycles. The van der Waals surface area contributed by atoms with Crippen LogP contribution in [0.25, 0.3) is 0 Å². The summed E-state index contributed by atoms with van der Waals surface area (Å²) in [5.74, 6) is -1.64. The van der Waals surface area contributed by atoms with Crippen LogP contribution >= 0.6 is 0 Å². The van der Waals surface area contributed by atoms with Gasteiger partial charge < -0.3 is 20.8 Å². The molecule has 1 aromatic rings.